The van der Waals surface area contributed by atoms with Gasteiger partial charge in [-0.05, 0) is 61.5 Å². The van der Waals surface area contributed by atoms with E-state index in [-0.39, 0.29) is 11.8 Å². The maximum Gasteiger partial charge on any atom is 0.237 e. The van der Waals surface area contributed by atoms with Crippen LogP contribution >= 0.6 is 0 Å². The van der Waals surface area contributed by atoms with E-state index in [2.05, 4.69) is 6.92 Å². The average molecular weight is 393 g/mol. The molecule has 0 N–H and O–H groups in total. The Labute approximate surface area is 170 Å². The van der Waals surface area contributed by atoms with E-state index in [9.17, 15) is 9.18 Å². The molecule has 0 heterocycles. The van der Waals surface area contributed by atoms with Crippen LogP contribution in [0.4, 0.5) is 8.78 Å². The molecule has 1 nitrogen and oxygen atoms in total. The number of allylic oxidation sites excluding steroid dienone is 4. The molecule has 158 valence electrons. The summed E-state index contributed by atoms with van der Waals surface area (Å²) in [6.07, 6.45) is 20.1. The standard InChI is InChI=1S/C25H38F2O/c1-2-3-5-10-20-12-14-21(15-13-20)24(16-7-4-8-17-24)19-23(28)25(27)18-9-6-11-22(25)26/h9,11,18,20-21H,2-8,10,12-17,19H2,1H3/t20-,21-,25?. The summed E-state index contributed by atoms with van der Waals surface area (Å²) in [5.74, 6) is -0.120. The minimum absolute atomic E-state index is 0.103. The summed E-state index contributed by atoms with van der Waals surface area (Å²) in [6.45, 7) is 2.25. The van der Waals surface area contributed by atoms with Crippen molar-refractivity contribution in [2.45, 2.75) is 109 Å². The van der Waals surface area contributed by atoms with Crippen LogP contribution in [0.2, 0.25) is 0 Å². The number of rotatable bonds is 8. The number of carbonyl (C=O) groups is 1. The van der Waals surface area contributed by atoms with E-state index in [4.69, 9.17) is 0 Å². The lowest BCUT2D eigenvalue weighted by atomic mass is 9.58. The fourth-order valence-electron chi connectivity index (χ4n) is 6.04. The van der Waals surface area contributed by atoms with E-state index in [1.807, 2.05) is 0 Å². The predicted molar refractivity (Wildman–Crippen MR) is 112 cm³/mol. The lowest BCUT2D eigenvalue weighted by molar-refractivity contribution is -0.131. The molecule has 0 bridgehead atoms. The summed E-state index contributed by atoms with van der Waals surface area (Å²) in [4.78, 5) is 13.0. The second-order valence-electron chi connectivity index (χ2n) is 9.64. The number of hydrogen-bond acceptors (Lipinski definition) is 1. The third-order valence-electron chi connectivity index (χ3n) is 7.82. The zero-order chi connectivity index (χ0) is 20.0. The molecule has 3 aliphatic rings. The topological polar surface area (TPSA) is 17.1 Å². The molecule has 3 heteroatoms. The molecule has 0 saturated heterocycles. The SMILES string of the molecule is CCCCC[C@H]1CC[C@H](C2(CC(=O)C3(F)C=CCC=C3F)CCCCC2)CC1. The van der Waals surface area contributed by atoms with Crippen LogP contribution in [-0.4, -0.2) is 11.5 Å². The van der Waals surface area contributed by atoms with E-state index >= 15 is 4.39 Å². The summed E-state index contributed by atoms with van der Waals surface area (Å²) in [7, 11) is 0. The van der Waals surface area contributed by atoms with Crippen LogP contribution in [0, 0.1) is 17.3 Å². The molecule has 3 aliphatic carbocycles. The van der Waals surface area contributed by atoms with Crippen molar-refractivity contribution in [2.24, 2.45) is 17.3 Å². The van der Waals surface area contributed by atoms with Gasteiger partial charge in [0, 0.05) is 6.42 Å². The largest absolute Gasteiger partial charge is 0.295 e. The van der Waals surface area contributed by atoms with Crippen LogP contribution in [0.15, 0.2) is 24.1 Å². The Hall–Kier alpha value is -0.990. The molecule has 0 radical (unpaired) electrons. The van der Waals surface area contributed by atoms with Crippen LogP contribution in [0.3, 0.4) is 0 Å². The smallest absolute Gasteiger partial charge is 0.237 e. The molecule has 1 atom stereocenters. The van der Waals surface area contributed by atoms with Crippen molar-refractivity contribution in [2.75, 3.05) is 0 Å². The molecule has 0 aromatic carbocycles. The van der Waals surface area contributed by atoms with Gasteiger partial charge >= 0.3 is 0 Å². The van der Waals surface area contributed by atoms with Gasteiger partial charge < -0.3 is 0 Å². The van der Waals surface area contributed by atoms with E-state index < -0.39 is 17.3 Å². The van der Waals surface area contributed by atoms with E-state index in [0.717, 1.165) is 50.5 Å². The van der Waals surface area contributed by atoms with Gasteiger partial charge in [-0.3, -0.25) is 4.79 Å². The Morgan fingerprint density at radius 3 is 2.46 bits per heavy atom. The molecular weight excluding hydrogens is 354 g/mol. The minimum atomic E-state index is -2.51. The van der Waals surface area contributed by atoms with Gasteiger partial charge in [0.2, 0.25) is 5.67 Å². The van der Waals surface area contributed by atoms with Crippen LogP contribution in [-0.2, 0) is 4.79 Å². The fourth-order valence-corrected chi connectivity index (χ4v) is 6.04. The van der Waals surface area contributed by atoms with Gasteiger partial charge in [-0.15, -0.1) is 0 Å². The Kier molecular flexibility index (Phi) is 7.50. The second-order valence-corrected chi connectivity index (χ2v) is 9.64. The zero-order valence-electron chi connectivity index (χ0n) is 17.7. The Morgan fingerprint density at radius 1 is 1.11 bits per heavy atom. The number of halogens is 2. The molecular formula is C25H38F2O. The third-order valence-corrected chi connectivity index (χ3v) is 7.82. The van der Waals surface area contributed by atoms with Crippen molar-refractivity contribution < 1.29 is 13.6 Å². The predicted octanol–water partition coefficient (Wildman–Crippen LogP) is 7.80. The highest BCUT2D eigenvalue weighted by Crippen LogP contribution is 2.53. The van der Waals surface area contributed by atoms with E-state index in [0.29, 0.717) is 12.3 Å². The summed E-state index contributed by atoms with van der Waals surface area (Å²) >= 11 is 0. The molecule has 0 spiro atoms. The normalized spacial score (nSPS) is 32.8. The van der Waals surface area contributed by atoms with Crippen LogP contribution in [0.25, 0.3) is 0 Å². The van der Waals surface area contributed by atoms with Crippen LogP contribution in [0.5, 0.6) is 0 Å². The highest BCUT2D eigenvalue weighted by atomic mass is 19.2. The summed E-state index contributed by atoms with van der Waals surface area (Å²) < 4.78 is 29.4. The molecule has 0 aliphatic heterocycles. The Morgan fingerprint density at radius 2 is 1.82 bits per heavy atom. The molecule has 0 aromatic rings. The molecule has 2 saturated carbocycles. The minimum Gasteiger partial charge on any atom is -0.295 e. The first kappa shape index (κ1) is 21.7. The number of Topliss-reactive ketones (excluding diaryl/α,β-unsaturated/α-hetero) is 1. The quantitative estimate of drug-likeness (QED) is 0.304. The van der Waals surface area contributed by atoms with Crippen molar-refractivity contribution in [3.05, 3.63) is 24.1 Å². The first-order chi connectivity index (χ1) is 13.5. The van der Waals surface area contributed by atoms with Crippen molar-refractivity contribution in [1.29, 1.82) is 0 Å². The van der Waals surface area contributed by atoms with Gasteiger partial charge in [0.05, 0.1) is 0 Å². The highest BCUT2D eigenvalue weighted by molar-refractivity contribution is 5.93. The van der Waals surface area contributed by atoms with Crippen molar-refractivity contribution in [3.63, 3.8) is 0 Å². The number of carbonyl (C=O) groups excluding carboxylic acids is 1. The molecule has 0 aromatic heterocycles. The first-order valence-corrected chi connectivity index (χ1v) is 11.8. The Balaban J connectivity index is 1.66. The van der Waals surface area contributed by atoms with Gasteiger partial charge in [0.1, 0.15) is 5.83 Å². The van der Waals surface area contributed by atoms with Crippen LogP contribution in [0.1, 0.15) is 103 Å². The second kappa shape index (κ2) is 9.67. The van der Waals surface area contributed by atoms with Crippen molar-refractivity contribution in [1.82, 2.24) is 0 Å². The molecule has 3 rings (SSSR count). The monoisotopic (exact) mass is 392 g/mol. The molecule has 0 amide bonds. The van der Waals surface area contributed by atoms with Gasteiger partial charge in [0.15, 0.2) is 5.78 Å². The maximum absolute atomic E-state index is 15.2. The molecule has 2 fully saturated rings. The number of unbranched alkanes of at least 4 members (excludes halogenated alkanes) is 2. The van der Waals surface area contributed by atoms with Crippen molar-refractivity contribution in [3.8, 4) is 0 Å². The average Bonchev–Trinajstić information content (AvgIpc) is 2.71. The van der Waals surface area contributed by atoms with Crippen LogP contribution < -0.4 is 0 Å². The number of ketones is 1. The lowest BCUT2D eigenvalue weighted by Gasteiger charge is -2.47. The van der Waals surface area contributed by atoms with Gasteiger partial charge in [-0.25, -0.2) is 8.78 Å². The van der Waals surface area contributed by atoms with Gasteiger partial charge in [0.25, 0.3) is 0 Å². The van der Waals surface area contributed by atoms with Gasteiger partial charge in [-0.2, -0.15) is 0 Å². The summed E-state index contributed by atoms with van der Waals surface area (Å²) in [5, 5.41) is 0. The zero-order valence-corrected chi connectivity index (χ0v) is 17.7. The van der Waals surface area contributed by atoms with Gasteiger partial charge in [-0.1, -0.05) is 70.8 Å². The molecule has 28 heavy (non-hydrogen) atoms. The third kappa shape index (κ3) is 4.76. The highest BCUT2D eigenvalue weighted by Gasteiger charge is 2.49. The lowest BCUT2D eigenvalue weighted by Crippen LogP contribution is -2.43. The number of hydrogen-bond donors (Lipinski definition) is 0. The molecule has 1 unspecified atom stereocenters. The summed E-state index contributed by atoms with van der Waals surface area (Å²) in [5.41, 5.74) is -2.62. The maximum atomic E-state index is 15.2. The number of alkyl halides is 1. The van der Waals surface area contributed by atoms with Crippen molar-refractivity contribution >= 4 is 5.78 Å². The van der Waals surface area contributed by atoms with E-state index in [1.165, 1.54) is 51.0 Å². The summed E-state index contributed by atoms with van der Waals surface area (Å²) in [6, 6.07) is 0. The first-order valence-electron chi connectivity index (χ1n) is 11.8. The Bertz CT molecular complexity index is 579. The fraction of sp³-hybridized carbons (Fsp3) is 0.800. The van der Waals surface area contributed by atoms with E-state index in [1.54, 1.807) is 6.08 Å².